The number of hydrogen-bond donors (Lipinski definition) is 0. The Bertz CT molecular complexity index is 525. The molecule has 0 aliphatic rings. The summed E-state index contributed by atoms with van der Waals surface area (Å²) in [5.41, 5.74) is -2.26. The quantitative estimate of drug-likeness (QED) is 0.627. The topological polar surface area (TPSA) is 59.3 Å². The summed E-state index contributed by atoms with van der Waals surface area (Å²) in [7, 11) is 0.995. The Labute approximate surface area is 105 Å². The number of carbonyl (C=O) groups excluding carboxylic acids is 1. The molecular weight excluding hydrogens is 270 g/mol. The van der Waals surface area contributed by atoms with Crippen LogP contribution in [-0.4, -0.2) is 19.7 Å². The van der Waals surface area contributed by atoms with Crippen molar-refractivity contribution < 1.29 is 31.8 Å². The van der Waals surface area contributed by atoms with E-state index in [1.165, 1.54) is 6.07 Å². The Balaban J connectivity index is 3.48. The summed E-state index contributed by atoms with van der Waals surface area (Å²) in [5, 5.41) is 8.82. The summed E-state index contributed by atoms with van der Waals surface area (Å²) >= 11 is 0. The molecule has 1 rings (SSSR count). The molecule has 102 valence electrons. The van der Waals surface area contributed by atoms with Gasteiger partial charge in [0.15, 0.2) is 0 Å². The molecule has 0 bridgehead atoms. The first-order valence-corrected chi connectivity index (χ1v) is 4.80. The second-order valence-corrected chi connectivity index (χ2v) is 3.18. The maximum Gasteiger partial charge on any atom is 0.387 e. The van der Waals surface area contributed by atoms with Crippen molar-refractivity contribution in [2.24, 2.45) is 0 Å². The summed E-state index contributed by atoms with van der Waals surface area (Å²) in [6, 6.07) is 3.04. The molecule has 0 unspecified atom stereocenters. The summed E-state index contributed by atoms with van der Waals surface area (Å²) in [6.07, 6.45) is -3.26. The molecule has 0 amide bonds. The number of hydrogen-bond acceptors (Lipinski definition) is 4. The average molecular weight is 277 g/mol. The minimum Gasteiger partial charge on any atom is -0.465 e. The van der Waals surface area contributed by atoms with E-state index in [1.807, 2.05) is 0 Å². The van der Waals surface area contributed by atoms with Crippen LogP contribution in [0.5, 0.6) is 5.75 Å². The highest BCUT2D eigenvalue weighted by Crippen LogP contribution is 2.35. The monoisotopic (exact) mass is 277 g/mol. The van der Waals surface area contributed by atoms with Crippen molar-refractivity contribution in [2.45, 2.75) is 13.0 Å². The van der Waals surface area contributed by atoms with E-state index in [4.69, 9.17) is 5.26 Å². The fourth-order valence-corrected chi connectivity index (χ4v) is 1.42. The lowest BCUT2D eigenvalue weighted by Crippen LogP contribution is -2.11. The van der Waals surface area contributed by atoms with Gasteiger partial charge in [0, 0.05) is 0 Å². The summed E-state index contributed by atoms with van der Waals surface area (Å²) in [4.78, 5) is 11.3. The number of alkyl halides is 4. The molecule has 0 aromatic heterocycles. The highest BCUT2D eigenvalue weighted by molar-refractivity contribution is 5.93. The van der Waals surface area contributed by atoms with E-state index in [1.54, 1.807) is 0 Å². The molecule has 0 aliphatic heterocycles. The summed E-state index contributed by atoms with van der Waals surface area (Å²) < 4.78 is 58.1. The number of methoxy groups -OCH3 is 1. The fraction of sp³-hybridized carbons (Fsp3) is 0.273. The molecule has 0 heterocycles. The predicted molar refractivity (Wildman–Crippen MR) is 54.1 cm³/mol. The number of esters is 1. The molecule has 0 atom stereocenters. The van der Waals surface area contributed by atoms with Crippen molar-refractivity contribution >= 4 is 5.97 Å². The van der Waals surface area contributed by atoms with Crippen molar-refractivity contribution in [1.29, 1.82) is 5.26 Å². The highest BCUT2D eigenvalue weighted by Gasteiger charge is 2.26. The Hall–Kier alpha value is -2.30. The SMILES string of the molecule is COC(=O)c1ccc(OC(F)F)c(C(F)F)c1C#N. The van der Waals surface area contributed by atoms with Gasteiger partial charge in [-0.05, 0) is 12.1 Å². The minimum absolute atomic E-state index is 0.443. The number of carbonyl (C=O) groups is 1. The zero-order chi connectivity index (χ0) is 14.6. The van der Waals surface area contributed by atoms with E-state index in [2.05, 4.69) is 9.47 Å². The van der Waals surface area contributed by atoms with E-state index in [9.17, 15) is 22.4 Å². The highest BCUT2D eigenvalue weighted by atomic mass is 19.3. The van der Waals surface area contributed by atoms with Gasteiger partial charge in [-0.15, -0.1) is 0 Å². The normalized spacial score (nSPS) is 10.4. The first-order valence-electron chi connectivity index (χ1n) is 4.80. The summed E-state index contributed by atoms with van der Waals surface area (Å²) in [6.45, 7) is -3.33. The lowest BCUT2D eigenvalue weighted by Gasteiger charge is -2.13. The molecule has 8 heteroatoms. The van der Waals surface area contributed by atoms with Crippen LogP contribution in [0.25, 0.3) is 0 Å². The third kappa shape index (κ3) is 3.13. The molecule has 0 aliphatic carbocycles. The molecule has 0 saturated heterocycles. The van der Waals surface area contributed by atoms with Gasteiger partial charge in [-0.2, -0.15) is 14.0 Å². The fourth-order valence-electron chi connectivity index (χ4n) is 1.42. The van der Waals surface area contributed by atoms with E-state index in [0.717, 1.165) is 19.2 Å². The van der Waals surface area contributed by atoms with Gasteiger partial charge in [0.05, 0.1) is 23.8 Å². The van der Waals surface area contributed by atoms with E-state index >= 15 is 0 Å². The smallest absolute Gasteiger partial charge is 0.387 e. The van der Waals surface area contributed by atoms with Crippen LogP contribution in [0.15, 0.2) is 12.1 Å². The minimum atomic E-state index is -3.33. The van der Waals surface area contributed by atoms with Gasteiger partial charge >= 0.3 is 12.6 Å². The maximum atomic E-state index is 12.8. The Morgan fingerprint density at radius 2 is 1.95 bits per heavy atom. The van der Waals surface area contributed by atoms with Crippen molar-refractivity contribution in [3.63, 3.8) is 0 Å². The maximum absolute atomic E-state index is 12.8. The number of rotatable bonds is 4. The standard InChI is InChI=1S/C11H7F4NO3/c1-18-10(17)5-2-3-7(19-11(14)15)8(9(12)13)6(5)4-16/h2-3,9,11H,1H3. The van der Waals surface area contributed by atoms with Crippen LogP contribution in [0.2, 0.25) is 0 Å². The van der Waals surface area contributed by atoms with Crippen molar-refractivity contribution in [2.75, 3.05) is 7.11 Å². The van der Waals surface area contributed by atoms with Crippen LogP contribution in [0.3, 0.4) is 0 Å². The van der Waals surface area contributed by atoms with Gasteiger partial charge in [-0.3, -0.25) is 0 Å². The van der Waals surface area contributed by atoms with Crippen LogP contribution >= 0.6 is 0 Å². The van der Waals surface area contributed by atoms with E-state index in [0.29, 0.717) is 0 Å². The van der Waals surface area contributed by atoms with Gasteiger partial charge < -0.3 is 9.47 Å². The lowest BCUT2D eigenvalue weighted by molar-refractivity contribution is -0.0519. The molecule has 1 aromatic carbocycles. The number of nitrogens with zero attached hydrogens (tertiary/aromatic N) is 1. The van der Waals surface area contributed by atoms with Crippen LogP contribution in [0, 0.1) is 11.3 Å². The van der Waals surface area contributed by atoms with Gasteiger partial charge in [0.1, 0.15) is 11.8 Å². The number of nitriles is 1. The van der Waals surface area contributed by atoms with Gasteiger partial charge in [0.2, 0.25) is 0 Å². The second kappa shape index (κ2) is 6.04. The largest absolute Gasteiger partial charge is 0.465 e. The third-order valence-electron chi connectivity index (χ3n) is 2.16. The summed E-state index contributed by atoms with van der Waals surface area (Å²) in [5.74, 6) is -1.88. The molecule has 0 fully saturated rings. The molecule has 4 nitrogen and oxygen atoms in total. The zero-order valence-electron chi connectivity index (χ0n) is 9.49. The number of halogens is 4. The molecule has 19 heavy (non-hydrogen) atoms. The zero-order valence-corrected chi connectivity index (χ0v) is 9.49. The number of benzene rings is 1. The van der Waals surface area contributed by atoms with Crippen molar-refractivity contribution in [1.82, 2.24) is 0 Å². The van der Waals surface area contributed by atoms with E-state index < -0.39 is 41.4 Å². The molecule has 0 N–H and O–H groups in total. The first kappa shape index (κ1) is 14.8. The van der Waals surface area contributed by atoms with Crippen LogP contribution in [-0.2, 0) is 4.74 Å². The second-order valence-electron chi connectivity index (χ2n) is 3.18. The third-order valence-corrected chi connectivity index (χ3v) is 2.16. The van der Waals surface area contributed by atoms with Crippen LogP contribution in [0.1, 0.15) is 27.9 Å². The predicted octanol–water partition coefficient (Wildman–Crippen LogP) is 2.88. The van der Waals surface area contributed by atoms with Gasteiger partial charge in [0.25, 0.3) is 6.43 Å². The molecule has 0 spiro atoms. The van der Waals surface area contributed by atoms with Crippen LogP contribution < -0.4 is 4.74 Å². The van der Waals surface area contributed by atoms with Gasteiger partial charge in [-0.25, -0.2) is 13.6 Å². The van der Waals surface area contributed by atoms with Gasteiger partial charge in [-0.1, -0.05) is 0 Å². The van der Waals surface area contributed by atoms with E-state index in [-0.39, 0.29) is 0 Å². The Kier molecular flexibility index (Phi) is 4.69. The first-order chi connectivity index (χ1) is 8.92. The molecular formula is C11H7F4NO3. The molecule has 0 radical (unpaired) electrons. The Morgan fingerprint density at radius 1 is 1.32 bits per heavy atom. The van der Waals surface area contributed by atoms with Crippen LogP contribution in [0.4, 0.5) is 17.6 Å². The number of ether oxygens (including phenoxy) is 2. The van der Waals surface area contributed by atoms with Crippen molar-refractivity contribution in [3.05, 3.63) is 28.8 Å². The molecule has 0 saturated carbocycles. The average Bonchev–Trinajstić information content (AvgIpc) is 2.35. The Morgan fingerprint density at radius 3 is 2.37 bits per heavy atom. The van der Waals surface area contributed by atoms with Crippen molar-refractivity contribution in [3.8, 4) is 11.8 Å². The molecule has 1 aromatic rings. The lowest BCUT2D eigenvalue weighted by atomic mass is 10.0.